The van der Waals surface area contributed by atoms with E-state index in [1.54, 1.807) is 17.0 Å². The molecule has 2 atom stereocenters. The number of carbonyl (C=O) groups is 1. The van der Waals surface area contributed by atoms with Gasteiger partial charge < -0.3 is 9.64 Å². The number of halogens is 3. The summed E-state index contributed by atoms with van der Waals surface area (Å²) < 4.78 is 35.4. The molecule has 1 saturated carbocycles. The van der Waals surface area contributed by atoms with Gasteiger partial charge in [-0.25, -0.2) is 8.78 Å². The fourth-order valence-electron chi connectivity index (χ4n) is 3.79. The minimum Gasteiger partial charge on any atom is -0.360 e. The van der Waals surface area contributed by atoms with E-state index in [0.717, 1.165) is 12.8 Å². The fourth-order valence-corrected chi connectivity index (χ4v) is 4.13. The number of benzene rings is 1. The van der Waals surface area contributed by atoms with Gasteiger partial charge in [-0.3, -0.25) is 9.69 Å². The first kappa shape index (κ1) is 17.4. The molecule has 1 aromatic carbocycles. The summed E-state index contributed by atoms with van der Waals surface area (Å²) in [5.74, 6) is -0.316. The Kier molecular flexibility index (Phi) is 4.58. The topological polar surface area (TPSA) is 32.8 Å². The van der Waals surface area contributed by atoms with Crippen LogP contribution in [-0.4, -0.2) is 59.8 Å². The quantitative estimate of drug-likeness (QED) is 0.762. The zero-order valence-electron chi connectivity index (χ0n) is 13.9. The molecule has 3 aliphatic rings. The number of alkyl halides is 1. The first-order chi connectivity index (χ1) is 12.0. The Labute approximate surface area is 154 Å². The molecule has 4 rings (SSSR count). The van der Waals surface area contributed by atoms with Crippen LogP contribution in [0.2, 0.25) is 0 Å². The highest BCUT2D eigenvalue weighted by molar-refractivity contribution is 9.10. The number of ether oxygens (including phenoxy) is 1. The zero-order chi connectivity index (χ0) is 17.6. The van der Waals surface area contributed by atoms with Gasteiger partial charge in [0, 0.05) is 35.7 Å². The molecule has 2 saturated heterocycles. The highest BCUT2D eigenvalue weighted by Crippen LogP contribution is 2.37. The van der Waals surface area contributed by atoms with Gasteiger partial charge in [-0.05, 0) is 31.4 Å². The Morgan fingerprint density at radius 2 is 2.16 bits per heavy atom. The number of amides is 1. The first-order valence-electron chi connectivity index (χ1n) is 8.71. The Hall–Kier alpha value is -1.05. The normalized spacial score (nSPS) is 30.9. The number of morpholine rings is 1. The lowest BCUT2D eigenvalue weighted by Crippen LogP contribution is -2.64. The van der Waals surface area contributed by atoms with Crippen molar-refractivity contribution in [1.82, 2.24) is 9.80 Å². The molecule has 4 nitrogen and oxygen atoms in total. The highest BCUT2D eigenvalue weighted by Gasteiger charge is 2.51. The SMILES string of the molecule is O=C1CO[C@@]2(CCN(Cc3ccc(Br)cc3F)C[C@H]2F)CN1C1CC1. The molecule has 1 spiro atoms. The first-order valence-corrected chi connectivity index (χ1v) is 9.50. The Bertz CT molecular complexity index is 685. The monoisotopic (exact) mass is 414 g/mol. The van der Waals surface area contributed by atoms with Gasteiger partial charge in [0.05, 0.1) is 6.54 Å². The third-order valence-corrected chi connectivity index (χ3v) is 5.97. The van der Waals surface area contributed by atoms with E-state index in [9.17, 15) is 9.18 Å². The van der Waals surface area contributed by atoms with E-state index < -0.39 is 11.8 Å². The van der Waals surface area contributed by atoms with Gasteiger partial charge >= 0.3 is 0 Å². The molecule has 0 N–H and O–H groups in total. The van der Waals surface area contributed by atoms with Crippen molar-refractivity contribution in [3.05, 3.63) is 34.1 Å². The molecule has 0 bridgehead atoms. The highest BCUT2D eigenvalue weighted by atomic mass is 79.9. The summed E-state index contributed by atoms with van der Waals surface area (Å²) in [5, 5.41) is 0. The van der Waals surface area contributed by atoms with Crippen molar-refractivity contribution in [2.45, 2.75) is 43.6 Å². The largest absolute Gasteiger partial charge is 0.360 e. The molecule has 7 heteroatoms. The summed E-state index contributed by atoms with van der Waals surface area (Å²) in [6, 6.07) is 5.22. The molecule has 25 heavy (non-hydrogen) atoms. The van der Waals surface area contributed by atoms with Crippen LogP contribution in [0.1, 0.15) is 24.8 Å². The van der Waals surface area contributed by atoms with Gasteiger partial charge in [0.2, 0.25) is 5.91 Å². The summed E-state index contributed by atoms with van der Waals surface area (Å²) in [7, 11) is 0. The van der Waals surface area contributed by atoms with E-state index in [1.165, 1.54) is 6.07 Å². The Morgan fingerprint density at radius 3 is 2.84 bits per heavy atom. The van der Waals surface area contributed by atoms with Crippen molar-refractivity contribution < 1.29 is 18.3 Å². The summed E-state index contributed by atoms with van der Waals surface area (Å²) in [5.41, 5.74) is -0.337. The van der Waals surface area contributed by atoms with Crippen molar-refractivity contribution in [3.63, 3.8) is 0 Å². The molecule has 1 amide bonds. The van der Waals surface area contributed by atoms with Gasteiger partial charge in [0.25, 0.3) is 0 Å². The number of carbonyl (C=O) groups excluding carboxylic acids is 1. The summed E-state index contributed by atoms with van der Waals surface area (Å²) >= 11 is 3.24. The van der Waals surface area contributed by atoms with Crippen LogP contribution >= 0.6 is 15.9 Å². The molecule has 2 heterocycles. The minimum absolute atomic E-state index is 0.0281. The molecule has 136 valence electrons. The molecule has 0 unspecified atom stereocenters. The maximum atomic E-state index is 15.0. The van der Waals surface area contributed by atoms with Crippen LogP contribution in [0, 0.1) is 5.82 Å². The molecule has 1 aromatic rings. The lowest BCUT2D eigenvalue weighted by molar-refractivity contribution is -0.189. The van der Waals surface area contributed by atoms with E-state index in [0.29, 0.717) is 36.1 Å². The van der Waals surface area contributed by atoms with Crippen LogP contribution in [0.15, 0.2) is 22.7 Å². The number of nitrogens with zero attached hydrogens (tertiary/aromatic N) is 2. The average Bonchev–Trinajstić information content (AvgIpc) is 3.41. The van der Waals surface area contributed by atoms with Crippen molar-refractivity contribution in [2.24, 2.45) is 0 Å². The fraction of sp³-hybridized carbons (Fsp3) is 0.611. The van der Waals surface area contributed by atoms with Gasteiger partial charge in [0.1, 0.15) is 24.2 Å². The van der Waals surface area contributed by atoms with Crippen molar-refractivity contribution in [3.8, 4) is 0 Å². The average molecular weight is 415 g/mol. The number of piperidine rings is 1. The van der Waals surface area contributed by atoms with Crippen LogP contribution in [-0.2, 0) is 16.1 Å². The van der Waals surface area contributed by atoms with Crippen LogP contribution in [0.4, 0.5) is 8.78 Å². The van der Waals surface area contributed by atoms with Crippen LogP contribution < -0.4 is 0 Å². The van der Waals surface area contributed by atoms with E-state index >= 15 is 4.39 Å². The van der Waals surface area contributed by atoms with E-state index in [4.69, 9.17) is 4.74 Å². The van der Waals surface area contributed by atoms with E-state index in [-0.39, 0.29) is 30.9 Å². The zero-order valence-corrected chi connectivity index (χ0v) is 15.5. The summed E-state index contributed by atoms with van der Waals surface area (Å²) in [6.45, 7) is 1.52. The van der Waals surface area contributed by atoms with Crippen molar-refractivity contribution in [2.75, 3.05) is 26.2 Å². The number of rotatable bonds is 3. The summed E-state index contributed by atoms with van der Waals surface area (Å²) in [6.07, 6.45) is 1.35. The van der Waals surface area contributed by atoms with Gasteiger partial charge in [-0.1, -0.05) is 22.0 Å². The molecular formula is C18H21BrF2N2O2. The molecule has 0 radical (unpaired) electrons. The van der Waals surface area contributed by atoms with Gasteiger partial charge in [-0.2, -0.15) is 0 Å². The van der Waals surface area contributed by atoms with Gasteiger partial charge in [-0.15, -0.1) is 0 Å². The third-order valence-electron chi connectivity index (χ3n) is 5.48. The van der Waals surface area contributed by atoms with Crippen molar-refractivity contribution >= 4 is 21.8 Å². The lowest BCUT2D eigenvalue weighted by Gasteiger charge is -2.49. The van der Waals surface area contributed by atoms with Gasteiger partial charge in [0.15, 0.2) is 0 Å². The molecule has 1 aliphatic carbocycles. The molecule has 3 fully saturated rings. The second kappa shape index (κ2) is 6.59. The number of hydrogen-bond acceptors (Lipinski definition) is 3. The molecular weight excluding hydrogens is 394 g/mol. The maximum absolute atomic E-state index is 15.0. The predicted octanol–water partition coefficient (Wildman–Crippen LogP) is 2.89. The summed E-state index contributed by atoms with van der Waals surface area (Å²) in [4.78, 5) is 15.7. The van der Waals surface area contributed by atoms with Crippen LogP contribution in [0.25, 0.3) is 0 Å². The van der Waals surface area contributed by atoms with Crippen molar-refractivity contribution in [1.29, 1.82) is 0 Å². The molecule has 2 aliphatic heterocycles. The third kappa shape index (κ3) is 3.46. The van der Waals surface area contributed by atoms with Crippen LogP contribution in [0.5, 0.6) is 0 Å². The predicted molar refractivity (Wildman–Crippen MR) is 92.3 cm³/mol. The van der Waals surface area contributed by atoms with E-state index in [2.05, 4.69) is 15.9 Å². The molecule has 0 aromatic heterocycles. The lowest BCUT2D eigenvalue weighted by atomic mass is 9.87. The maximum Gasteiger partial charge on any atom is 0.248 e. The minimum atomic E-state index is -1.19. The standard InChI is InChI=1S/C18H21BrF2N2O2/c19-13-2-1-12(15(20)7-13)8-22-6-5-18(16(21)9-22)11-23(14-3-4-14)17(24)10-25-18/h1-2,7,14,16H,3-6,8-11H2/t16-,18+/m1/s1. The smallest absolute Gasteiger partial charge is 0.248 e. The van der Waals surface area contributed by atoms with Crippen LogP contribution in [0.3, 0.4) is 0 Å². The number of hydrogen-bond donors (Lipinski definition) is 0. The number of likely N-dealkylation sites (tertiary alicyclic amines) is 1. The van der Waals surface area contributed by atoms with E-state index in [1.807, 2.05) is 4.90 Å². The Morgan fingerprint density at radius 1 is 1.36 bits per heavy atom. The second-order valence-electron chi connectivity index (χ2n) is 7.29. The second-order valence-corrected chi connectivity index (χ2v) is 8.21. The Balaban J connectivity index is 1.42.